The Balaban J connectivity index is 3.51. The van der Waals surface area contributed by atoms with Gasteiger partial charge in [0.2, 0.25) is 0 Å². The molecule has 0 aliphatic carbocycles. The van der Waals surface area contributed by atoms with Gasteiger partial charge in [-0.3, -0.25) is 0 Å². The zero-order valence-electron chi connectivity index (χ0n) is 9.30. The SMILES string of the molecule is COc1c(C)c(C(C)C)oc(=O)c1C. The molecular formula is C11H16O3. The normalized spacial score (nSPS) is 10.7. The summed E-state index contributed by atoms with van der Waals surface area (Å²) in [4.78, 5) is 11.4. The topological polar surface area (TPSA) is 39.4 Å². The van der Waals surface area contributed by atoms with Crippen LogP contribution in [0.2, 0.25) is 0 Å². The fourth-order valence-corrected chi connectivity index (χ4v) is 1.60. The molecule has 0 saturated heterocycles. The molecule has 0 aliphatic heterocycles. The Labute approximate surface area is 83.7 Å². The number of rotatable bonds is 2. The molecule has 0 radical (unpaired) electrons. The van der Waals surface area contributed by atoms with Crippen LogP contribution in [0.15, 0.2) is 9.21 Å². The molecule has 1 rings (SSSR count). The van der Waals surface area contributed by atoms with Crippen LogP contribution in [0.25, 0.3) is 0 Å². The summed E-state index contributed by atoms with van der Waals surface area (Å²) in [6.45, 7) is 7.59. The highest BCUT2D eigenvalue weighted by molar-refractivity contribution is 5.40. The molecular weight excluding hydrogens is 180 g/mol. The largest absolute Gasteiger partial charge is 0.496 e. The fourth-order valence-electron chi connectivity index (χ4n) is 1.60. The van der Waals surface area contributed by atoms with E-state index in [1.807, 2.05) is 20.8 Å². The van der Waals surface area contributed by atoms with Crippen molar-refractivity contribution in [2.75, 3.05) is 7.11 Å². The van der Waals surface area contributed by atoms with E-state index < -0.39 is 0 Å². The highest BCUT2D eigenvalue weighted by Gasteiger charge is 2.16. The van der Waals surface area contributed by atoms with Crippen molar-refractivity contribution < 1.29 is 9.15 Å². The zero-order valence-corrected chi connectivity index (χ0v) is 9.30. The number of hydrogen-bond donors (Lipinski definition) is 0. The van der Waals surface area contributed by atoms with Crippen LogP contribution in [0, 0.1) is 13.8 Å². The summed E-state index contributed by atoms with van der Waals surface area (Å²) in [6.07, 6.45) is 0. The quantitative estimate of drug-likeness (QED) is 0.729. The van der Waals surface area contributed by atoms with Crippen molar-refractivity contribution in [3.63, 3.8) is 0 Å². The van der Waals surface area contributed by atoms with Crippen LogP contribution >= 0.6 is 0 Å². The molecule has 78 valence electrons. The van der Waals surface area contributed by atoms with Crippen molar-refractivity contribution in [3.05, 3.63) is 27.3 Å². The molecule has 1 aromatic heterocycles. The standard InChI is InChI=1S/C11H16O3/c1-6(2)9-7(3)10(13-5)8(4)11(12)14-9/h6H,1-5H3. The molecule has 0 N–H and O–H groups in total. The lowest BCUT2D eigenvalue weighted by Crippen LogP contribution is -2.10. The van der Waals surface area contributed by atoms with Gasteiger partial charge in [0.05, 0.1) is 12.7 Å². The lowest BCUT2D eigenvalue weighted by atomic mass is 10.0. The Morgan fingerprint density at radius 1 is 1.21 bits per heavy atom. The minimum absolute atomic E-state index is 0.192. The first-order valence-corrected chi connectivity index (χ1v) is 4.67. The van der Waals surface area contributed by atoms with Gasteiger partial charge in [-0.25, -0.2) is 4.79 Å². The van der Waals surface area contributed by atoms with E-state index in [1.54, 1.807) is 14.0 Å². The highest BCUT2D eigenvalue weighted by Crippen LogP contribution is 2.27. The lowest BCUT2D eigenvalue weighted by Gasteiger charge is -2.12. The van der Waals surface area contributed by atoms with Crippen LogP contribution in [0.4, 0.5) is 0 Å². The smallest absolute Gasteiger partial charge is 0.342 e. The van der Waals surface area contributed by atoms with Gasteiger partial charge < -0.3 is 9.15 Å². The average Bonchev–Trinajstić information content (AvgIpc) is 2.12. The van der Waals surface area contributed by atoms with E-state index in [4.69, 9.17) is 9.15 Å². The van der Waals surface area contributed by atoms with Crippen molar-refractivity contribution in [3.8, 4) is 5.75 Å². The Kier molecular flexibility index (Phi) is 2.99. The molecule has 0 atom stereocenters. The maximum atomic E-state index is 11.4. The summed E-state index contributed by atoms with van der Waals surface area (Å²) in [7, 11) is 1.57. The van der Waals surface area contributed by atoms with Crippen LogP contribution in [-0.2, 0) is 0 Å². The van der Waals surface area contributed by atoms with Gasteiger partial charge in [0, 0.05) is 11.5 Å². The van der Waals surface area contributed by atoms with E-state index in [2.05, 4.69) is 0 Å². The lowest BCUT2D eigenvalue weighted by molar-refractivity contribution is 0.375. The van der Waals surface area contributed by atoms with Crippen LogP contribution < -0.4 is 10.4 Å². The maximum absolute atomic E-state index is 11.4. The minimum atomic E-state index is -0.309. The van der Waals surface area contributed by atoms with Crippen LogP contribution in [0.3, 0.4) is 0 Å². The average molecular weight is 196 g/mol. The molecule has 1 heterocycles. The van der Waals surface area contributed by atoms with Crippen molar-refractivity contribution in [2.45, 2.75) is 33.6 Å². The van der Waals surface area contributed by atoms with Crippen molar-refractivity contribution in [1.29, 1.82) is 0 Å². The second-order valence-corrected chi connectivity index (χ2v) is 3.69. The third kappa shape index (κ3) is 1.67. The molecule has 0 saturated carbocycles. The van der Waals surface area contributed by atoms with Crippen LogP contribution in [0.1, 0.15) is 36.7 Å². The van der Waals surface area contributed by atoms with E-state index >= 15 is 0 Å². The molecule has 14 heavy (non-hydrogen) atoms. The first-order valence-electron chi connectivity index (χ1n) is 4.67. The van der Waals surface area contributed by atoms with Crippen molar-refractivity contribution in [2.24, 2.45) is 0 Å². The van der Waals surface area contributed by atoms with Crippen LogP contribution in [0.5, 0.6) is 5.75 Å². The van der Waals surface area contributed by atoms with Gasteiger partial charge in [0.1, 0.15) is 11.5 Å². The van der Waals surface area contributed by atoms with Crippen LogP contribution in [-0.4, -0.2) is 7.11 Å². The zero-order chi connectivity index (χ0) is 10.9. The van der Waals surface area contributed by atoms with Gasteiger partial charge in [-0.15, -0.1) is 0 Å². The summed E-state index contributed by atoms with van der Waals surface area (Å²) in [5.41, 5.74) is 1.14. The van der Waals surface area contributed by atoms with Gasteiger partial charge in [0.25, 0.3) is 0 Å². The number of hydrogen-bond acceptors (Lipinski definition) is 3. The van der Waals surface area contributed by atoms with Crippen molar-refractivity contribution >= 4 is 0 Å². The predicted molar refractivity (Wildman–Crippen MR) is 55.1 cm³/mol. The van der Waals surface area contributed by atoms with Gasteiger partial charge in [0.15, 0.2) is 0 Å². The maximum Gasteiger partial charge on any atom is 0.342 e. The fraction of sp³-hybridized carbons (Fsp3) is 0.545. The van der Waals surface area contributed by atoms with E-state index in [0.717, 1.165) is 5.56 Å². The van der Waals surface area contributed by atoms with Gasteiger partial charge in [-0.1, -0.05) is 13.8 Å². The summed E-state index contributed by atoms with van der Waals surface area (Å²) in [6, 6.07) is 0. The number of ether oxygens (including phenoxy) is 1. The Hall–Kier alpha value is -1.25. The summed E-state index contributed by atoms with van der Waals surface area (Å²) < 4.78 is 10.4. The second-order valence-electron chi connectivity index (χ2n) is 3.69. The molecule has 0 unspecified atom stereocenters. The summed E-state index contributed by atoms with van der Waals surface area (Å²) in [5.74, 6) is 1.54. The molecule has 0 aromatic carbocycles. The van der Waals surface area contributed by atoms with E-state index in [1.165, 1.54) is 0 Å². The predicted octanol–water partition coefficient (Wildman–Crippen LogP) is 2.39. The number of methoxy groups -OCH3 is 1. The third-order valence-corrected chi connectivity index (χ3v) is 2.29. The van der Waals surface area contributed by atoms with Gasteiger partial charge in [-0.05, 0) is 13.8 Å². The molecule has 0 bridgehead atoms. The Bertz CT molecular complexity index is 388. The monoisotopic (exact) mass is 196 g/mol. The molecule has 0 amide bonds. The van der Waals surface area contributed by atoms with Gasteiger partial charge in [-0.2, -0.15) is 0 Å². The molecule has 0 fully saturated rings. The first kappa shape index (κ1) is 10.8. The summed E-state index contributed by atoms with van der Waals surface area (Å²) >= 11 is 0. The molecule has 0 aliphatic rings. The Morgan fingerprint density at radius 2 is 1.79 bits per heavy atom. The van der Waals surface area contributed by atoms with E-state index in [0.29, 0.717) is 17.1 Å². The third-order valence-electron chi connectivity index (χ3n) is 2.29. The molecule has 1 aromatic rings. The minimum Gasteiger partial charge on any atom is -0.496 e. The summed E-state index contributed by atoms with van der Waals surface area (Å²) in [5, 5.41) is 0. The molecule has 0 spiro atoms. The van der Waals surface area contributed by atoms with E-state index in [9.17, 15) is 4.79 Å². The Morgan fingerprint density at radius 3 is 2.21 bits per heavy atom. The first-order chi connectivity index (χ1) is 6.49. The van der Waals surface area contributed by atoms with E-state index in [-0.39, 0.29) is 11.5 Å². The second kappa shape index (κ2) is 3.86. The van der Waals surface area contributed by atoms with Gasteiger partial charge >= 0.3 is 5.63 Å². The highest BCUT2D eigenvalue weighted by atomic mass is 16.5. The molecule has 3 heteroatoms. The molecule has 3 nitrogen and oxygen atoms in total. The van der Waals surface area contributed by atoms with Crippen molar-refractivity contribution in [1.82, 2.24) is 0 Å².